The van der Waals surface area contributed by atoms with Gasteiger partial charge in [-0.2, -0.15) is 0 Å². The van der Waals surface area contributed by atoms with Crippen LogP contribution in [0.1, 0.15) is 19.3 Å². The lowest BCUT2D eigenvalue weighted by molar-refractivity contribution is -0.131. The summed E-state index contributed by atoms with van der Waals surface area (Å²) in [6, 6.07) is -0.430. The highest BCUT2D eigenvalue weighted by Gasteiger charge is 2.18. The number of amides is 1. The van der Waals surface area contributed by atoms with Crippen molar-refractivity contribution in [2.45, 2.75) is 25.3 Å². The number of likely N-dealkylation sites (tertiary alicyclic amines) is 1. The molecule has 1 aliphatic heterocycles. The molecule has 92 valence electrons. The first-order chi connectivity index (χ1) is 7.65. The summed E-state index contributed by atoms with van der Waals surface area (Å²) in [7, 11) is 1.82. The first kappa shape index (κ1) is 13.2. The van der Waals surface area contributed by atoms with Crippen molar-refractivity contribution in [3.05, 3.63) is 12.7 Å². The van der Waals surface area contributed by atoms with Crippen molar-refractivity contribution in [3.63, 3.8) is 0 Å². The van der Waals surface area contributed by atoms with Crippen LogP contribution in [0.4, 0.5) is 0 Å². The summed E-state index contributed by atoms with van der Waals surface area (Å²) in [6.07, 6.45) is 4.81. The SMILES string of the molecule is C=CCC(N)C(=O)N(C)CCN1CCCC1. The fourth-order valence-electron chi connectivity index (χ4n) is 1.97. The minimum atomic E-state index is -0.430. The van der Waals surface area contributed by atoms with E-state index in [9.17, 15) is 4.79 Å². The van der Waals surface area contributed by atoms with Crippen LogP contribution in [-0.2, 0) is 4.79 Å². The Balaban J connectivity index is 2.24. The van der Waals surface area contributed by atoms with Crippen LogP contribution >= 0.6 is 0 Å². The summed E-state index contributed by atoms with van der Waals surface area (Å²) in [5, 5.41) is 0. The topological polar surface area (TPSA) is 49.6 Å². The minimum absolute atomic E-state index is 0.0131. The predicted molar refractivity (Wildman–Crippen MR) is 66.1 cm³/mol. The molecule has 0 saturated carbocycles. The second-order valence-electron chi connectivity index (χ2n) is 4.44. The van der Waals surface area contributed by atoms with Gasteiger partial charge in [0.1, 0.15) is 0 Å². The number of rotatable bonds is 6. The number of carbonyl (C=O) groups excluding carboxylic acids is 1. The maximum atomic E-state index is 11.8. The maximum absolute atomic E-state index is 11.8. The molecule has 0 aromatic rings. The predicted octanol–water partition coefficient (Wildman–Crippen LogP) is 0.444. The Morgan fingerprint density at radius 3 is 2.75 bits per heavy atom. The first-order valence-electron chi connectivity index (χ1n) is 5.99. The van der Waals surface area contributed by atoms with E-state index in [-0.39, 0.29) is 5.91 Å². The summed E-state index contributed by atoms with van der Waals surface area (Å²) >= 11 is 0. The van der Waals surface area contributed by atoms with E-state index in [4.69, 9.17) is 5.73 Å². The molecule has 1 rings (SSSR count). The van der Waals surface area contributed by atoms with Crippen molar-refractivity contribution >= 4 is 5.91 Å². The second-order valence-corrected chi connectivity index (χ2v) is 4.44. The molecule has 1 unspecified atom stereocenters. The third kappa shape index (κ3) is 3.94. The molecule has 1 heterocycles. The third-order valence-corrected chi connectivity index (χ3v) is 3.06. The molecule has 1 atom stereocenters. The fourth-order valence-corrected chi connectivity index (χ4v) is 1.97. The van der Waals surface area contributed by atoms with Crippen molar-refractivity contribution in [1.29, 1.82) is 0 Å². The van der Waals surface area contributed by atoms with Gasteiger partial charge < -0.3 is 15.5 Å². The van der Waals surface area contributed by atoms with Gasteiger partial charge in [0, 0.05) is 20.1 Å². The minimum Gasteiger partial charge on any atom is -0.343 e. The molecule has 0 aromatic carbocycles. The number of carbonyl (C=O) groups is 1. The van der Waals surface area contributed by atoms with E-state index < -0.39 is 6.04 Å². The number of nitrogens with zero attached hydrogens (tertiary/aromatic N) is 2. The maximum Gasteiger partial charge on any atom is 0.239 e. The highest BCUT2D eigenvalue weighted by Crippen LogP contribution is 2.06. The summed E-state index contributed by atoms with van der Waals surface area (Å²) in [5.74, 6) is 0.0131. The lowest BCUT2D eigenvalue weighted by Crippen LogP contribution is -2.44. The number of hydrogen-bond acceptors (Lipinski definition) is 3. The van der Waals surface area contributed by atoms with Crippen LogP contribution in [0.25, 0.3) is 0 Å². The first-order valence-corrected chi connectivity index (χ1v) is 5.99. The van der Waals surface area contributed by atoms with E-state index in [2.05, 4.69) is 11.5 Å². The van der Waals surface area contributed by atoms with Gasteiger partial charge in [0.25, 0.3) is 0 Å². The van der Waals surface area contributed by atoms with Gasteiger partial charge in [0.15, 0.2) is 0 Å². The molecule has 0 aliphatic carbocycles. The highest BCUT2D eigenvalue weighted by atomic mass is 16.2. The van der Waals surface area contributed by atoms with Gasteiger partial charge in [0.05, 0.1) is 6.04 Å². The van der Waals surface area contributed by atoms with Gasteiger partial charge in [-0.25, -0.2) is 0 Å². The Hall–Kier alpha value is -0.870. The van der Waals surface area contributed by atoms with Crippen LogP contribution in [0.5, 0.6) is 0 Å². The molecular weight excluding hydrogens is 202 g/mol. The van der Waals surface area contributed by atoms with Crippen LogP contribution in [0, 0.1) is 0 Å². The molecule has 0 radical (unpaired) electrons. The summed E-state index contributed by atoms with van der Waals surface area (Å²) in [5.41, 5.74) is 5.74. The molecule has 4 nitrogen and oxygen atoms in total. The van der Waals surface area contributed by atoms with Gasteiger partial charge in [-0.1, -0.05) is 6.08 Å². The van der Waals surface area contributed by atoms with E-state index in [0.717, 1.165) is 13.1 Å². The highest BCUT2D eigenvalue weighted by molar-refractivity contribution is 5.81. The zero-order chi connectivity index (χ0) is 12.0. The van der Waals surface area contributed by atoms with Crippen LogP contribution < -0.4 is 5.73 Å². The Morgan fingerprint density at radius 2 is 2.19 bits per heavy atom. The molecule has 0 aromatic heterocycles. The van der Waals surface area contributed by atoms with Crippen LogP contribution in [0.3, 0.4) is 0 Å². The largest absolute Gasteiger partial charge is 0.343 e. The van der Waals surface area contributed by atoms with E-state index in [1.54, 1.807) is 11.0 Å². The number of nitrogens with two attached hydrogens (primary N) is 1. The van der Waals surface area contributed by atoms with Crippen LogP contribution in [0.15, 0.2) is 12.7 Å². The average molecular weight is 225 g/mol. The summed E-state index contributed by atoms with van der Waals surface area (Å²) in [6.45, 7) is 7.66. The number of hydrogen-bond donors (Lipinski definition) is 1. The molecule has 4 heteroatoms. The van der Waals surface area contributed by atoms with E-state index in [1.165, 1.54) is 25.9 Å². The normalized spacial score (nSPS) is 18.4. The van der Waals surface area contributed by atoms with Crippen molar-refractivity contribution < 1.29 is 4.79 Å². The Morgan fingerprint density at radius 1 is 1.56 bits per heavy atom. The fraction of sp³-hybridized carbons (Fsp3) is 0.750. The average Bonchev–Trinajstić information content (AvgIpc) is 2.78. The van der Waals surface area contributed by atoms with Crippen molar-refractivity contribution in [3.8, 4) is 0 Å². The molecule has 1 aliphatic rings. The van der Waals surface area contributed by atoms with E-state index >= 15 is 0 Å². The molecule has 1 fully saturated rings. The molecule has 0 spiro atoms. The Kier molecular flexibility index (Phi) is 5.49. The zero-order valence-corrected chi connectivity index (χ0v) is 10.2. The van der Waals surface area contributed by atoms with Gasteiger partial charge >= 0.3 is 0 Å². The van der Waals surface area contributed by atoms with Crippen molar-refractivity contribution in [1.82, 2.24) is 9.80 Å². The molecular formula is C12H23N3O. The van der Waals surface area contributed by atoms with Crippen LogP contribution in [0.2, 0.25) is 0 Å². The lowest BCUT2D eigenvalue weighted by atomic mass is 10.2. The van der Waals surface area contributed by atoms with Crippen molar-refractivity contribution in [2.75, 3.05) is 33.2 Å². The Bertz CT molecular complexity index is 236. The molecule has 0 bridgehead atoms. The molecule has 2 N–H and O–H groups in total. The smallest absolute Gasteiger partial charge is 0.239 e. The summed E-state index contributed by atoms with van der Waals surface area (Å²) in [4.78, 5) is 15.9. The lowest BCUT2D eigenvalue weighted by Gasteiger charge is -2.23. The number of likely N-dealkylation sites (N-methyl/N-ethyl adjacent to an activating group) is 1. The quantitative estimate of drug-likeness (QED) is 0.668. The van der Waals surface area contributed by atoms with Gasteiger partial charge in [-0.05, 0) is 32.4 Å². The molecule has 1 amide bonds. The van der Waals surface area contributed by atoms with Gasteiger partial charge in [-0.3, -0.25) is 4.79 Å². The van der Waals surface area contributed by atoms with Crippen LogP contribution in [-0.4, -0.2) is 55.0 Å². The third-order valence-electron chi connectivity index (χ3n) is 3.06. The van der Waals surface area contributed by atoms with E-state index in [1.807, 2.05) is 7.05 Å². The van der Waals surface area contributed by atoms with Crippen molar-refractivity contribution in [2.24, 2.45) is 5.73 Å². The standard InChI is InChI=1S/C12H23N3O/c1-3-6-11(13)12(16)14(2)9-10-15-7-4-5-8-15/h3,11H,1,4-10,13H2,2H3. The van der Waals surface area contributed by atoms with E-state index in [0.29, 0.717) is 6.42 Å². The zero-order valence-electron chi connectivity index (χ0n) is 10.2. The van der Waals surface area contributed by atoms with Gasteiger partial charge in [-0.15, -0.1) is 6.58 Å². The monoisotopic (exact) mass is 225 g/mol. The molecule has 16 heavy (non-hydrogen) atoms. The Labute approximate surface area is 98.1 Å². The summed E-state index contributed by atoms with van der Waals surface area (Å²) < 4.78 is 0. The second kappa shape index (κ2) is 6.66. The molecule has 1 saturated heterocycles. The van der Waals surface area contributed by atoms with Gasteiger partial charge in [0.2, 0.25) is 5.91 Å².